The van der Waals surface area contributed by atoms with Crippen molar-refractivity contribution in [3.8, 4) is 11.1 Å². The zero-order valence-corrected chi connectivity index (χ0v) is 29.9. The number of aliphatic imine (C=N–C) groups is 1. The van der Waals surface area contributed by atoms with Crippen molar-refractivity contribution in [1.82, 2.24) is 14.9 Å². The van der Waals surface area contributed by atoms with Crippen LogP contribution in [0.2, 0.25) is 0 Å². The number of aliphatic carboxylic acids is 1. The largest absolute Gasteiger partial charge is 0.481 e. The number of hydrogen-bond acceptors (Lipinski definition) is 9. The molecule has 3 aliphatic rings. The predicted molar refractivity (Wildman–Crippen MR) is 201 cm³/mol. The first-order valence-electron chi connectivity index (χ1n) is 18.1. The molecule has 53 heavy (non-hydrogen) atoms. The molecule has 2 amide bonds. The molecule has 1 unspecified atom stereocenters. The van der Waals surface area contributed by atoms with E-state index in [2.05, 4.69) is 30.5 Å². The molecule has 2 aromatic heterocycles. The van der Waals surface area contributed by atoms with Crippen LogP contribution in [-0.4, -0.2) is 80.0 Å². The van der Waals surface area contributed by atoms with E-state index in [0.717, 1.165) is 71.2 Å². The first-order chi connectivity index (χ1) is 25.6. The molecule has 2 saturated carbocycles. The van der Waals surface area contributed by atoms with Crippen LogP contribution in [0.5, 0.6) is 0 Å². The third-order valence-electron chi connectivity index (χ3n) is 10.4. The van der Waals surface area contributed by atoms with Crippen LogP contribution in [-0.2, 0) is 17.9 Å². The standard InChI is InChI=1S/C41H44N6O6/c1-23-31(5-3-7-35(23)45-39(50)37-13-33(25-9-10-25)27(17-43-37)15-42-16-29(22-48)41(52)53)32-6-4-8-36(24(32)2)46-40(51)38-14-34(26-11-12-26)28(18-44-38)19-47-20-30(49)21-47/h3-8,13-14,16-18,25-26,29-30,48-49H,9-12,15,19-22H2,1-2H3,(H,45,50)(H,46,51)(H,52,53)/b42-16+. The molecular weight excluding hydrogens is 672 g/mol. The lowest BCUT2D eigenvalue weighted by Gasteiger charge is -2.36. The van der Waals surface area contributed by atoms with Gasteiger partial charge >= 0.3 is 5.97 Å². The number of aliphatic hydroxyl groups is 2. The molecule has 0 spiro atoms. The molecule has 5 N–H and O–H groups in total. The van der Waals surface area contributed by atoms with Crippen LogP contribution < -0.4 is 10.6 Å². The summed E-state index contributed by atoms with van der Waals surface area (Å²) in [5, 5.41) is 34.3. The number of rotatable bonds is 14. The molecule has 3 heterocycles. The van der Waals surface area contributed by atoms with Gasteiger partial charge in [-0.2, -0.15) is 0 Å². The van der Waals surface area contributed by atoms with Gasteiger partial charge in [-0.25, -0.2) is 0 Å². The quantitative estimate of drug-likeness (QED) is 0.106. The van der Waals surface area contributed by atoms with Gasteiger partial charge in [0.1, 0.15) is 17.3 Å². The Kier molecular flexibility index (Phi) is 10.5. The lowest BCUT2D eigenvalue weighted by molar-refractivity contribution is -0.140. The van der Waals surface area contributed by atoms with Crippen molar-refractivity contribution in [3.05, 3.63) is 106 Å². The van der Waals surface area contributed by atoms with Gasteiger partial charge in [-0.1, -0.05) is 24.3 Å². The van der Waals surface area contributed by atoms with Crippen molar-refractivity contribution in [2.45, 2.75) is 70.6 Å². The number of β-amino-alcohol motifs (C(OH)–C–C–N with tert-alkyl or cyclic N) is 1. The molecule has 0 bridgehead atoms. The van der Waals surface area contributed by atoms with Gasteiger partial charge in [0.25, 0.3) is 11.8 Å². The van der Waals surface area contributed by atoms with E-state index in [1.54, 1.807) is 12.3 Å². The Morgan fingerprint density at radius 3 is 1.83 bits per heavy atom. The SMILES string of the molecule is Cc1c(NC(=O)c2cc(C3CC3)c(C/N=C/C(CO)C(=O)O)cn2)cccc1-c1cccc(NC(=O)c2cc(C3CC3)c(CN3CC(O)C3)cn2)c1C. The molecule has 2 aromatic carbocycles. The van der Waals surface area contributed by atoms with E-state index in [0.29, 0.717) is 42.0 Å². The Balaban J connectivity index is 1.06. The second-order valence-corrected chi connectivity index (χ2v) is 14.4. The number of anilines is 2. The van der Waals surface area contributed by atoms with E-state index < -0.39 is 18.5 Å². The Morgan fingerprint density at radius 2 is 1.36 bits per heavy atom. The van der Waals surface area contributed by atoms with Gasteiger partial charge in [-0.15, -0.1) is 0 Å². The summed E-state index contributed by atoms with van der Waals surface area (Å²) in [6.45, 7) is 5.63. The summed E-state index contributed by atoms with van der Waals surface area (Å²) < 4.78 is 0. The highest BCUT2D eigenvalue weighted by Gasteiger charge is 2.31. The summed E-state index contributed by atoms with van der Waals surface area (Å²) in [6, 6.07) is 15.2. The topological polar surface area (TPSA) is 177 Å². The average molecular weight is 717 g/mol. The first kappa shape index (κ1) is 36.1. The van der Waals surface area contributed by atoms with Gasteiger partial charge in [-0.05, 0) is 120 Å². The van der Waals surface area contributed by atoms with E-state index >= 15 is 0 Å². The Hall–Kier alpha value is -5.30. The van der Waals surface area contributed by atoms with Gasteiger partial charge < -0.3 is 26.0 Å². The second kappa shape index (κ2) is 15.4. The molecule has 4 aromatic rings. The number of carboxylic acid groups (broad SMARTS) is 1. The fourth-order valence-corrected chi connectivity index (χ4v) is 6.94. The summed E-state index contributed by atoms with van der Waals surface area (Å²) in [4.78, 5) is 53.6. The number of benzene rings is 2. The molecular formula is C41H44N6O6. The molecule has 12 nitrogen and oxygen atoms in total. The van der Waals surface area contributed by atoms with E-state index in [1.807, 2.05) is 62.5 Å². The van der Waals surface area contributed by atoms with Crippen LogP contribution in [0.4, 0.5) is 11.4 Å². The third kappa shape index (κ3) is 8.20. The van der Waals surface area contributed by atoms with E-state index in [1.165, 1.54) is 11.8 Å². The lowest BCUT2D eigenvalue weighted by atomic mass is 9.94. The van der Waals surface area contributed by atoms with Gasteiger partial charge in [0, 0.05) is 49.6 Å². The lowest BCUT2D eigenvalue weighted by Crippen LogP contribution is -2.49. The number of aromatic nitrogens is 2. The number of carbonyl (C=O) groups excluding carboxylic acids is 2. The highest BCUT2D eigenvalue weighted by molar-refractivity contribution is 6.05. The first-order valence-corrected chi connectivity index (χ1v) is 18.1. The molecule has 12 heteroatoms. The summed E-state index contributed by atoms with van der Waals surface area (Å²) in [5.74, 6) is -2.10. The normalized spacial score (nSPS) is 16.7. The van der Waals surface area contributed by atoms with Crippen molar-refractivity contribution in [2.75, 3.05) is 30.3 Å². The maximum Gasteiger partial charge on any atom is 0.314 e. The number of nitrogens with one attached hydrogen (secondary N) is 2. The minimum absolute atomic E-state index is 0.208. The van der Waals surface area contributed by atoms with Crippen molar-refractivity contribution >= 4 is 35.4 Å². The fraction of sp³-hybridized carbons (Fsp3) is 0.366. The van der Waals surface area contributed by atoms with Gasteiger partial charge in [0.05, 0.1) is 19.3 Å². The number of nitrogens with zero attached hydrogens (tertiary/aromatic N) is 4. The van der Waals surface area contributed by atoms with Gasteiger partial charge in [0.15, 0.2) is 0 Å². The molecule has 2 aliphatic carbocycles. The maximum atomic E-state index is 13.5. The number of likely N-dealkylation sites (tertiary alicyclic amines) is 1. The number of carboxylic acids is 1. The number of hydrogen-bond donors (Lipinski definition) is 5. The van der Waals surface area contributed by atoms with Crippen LogP contribution in [0, 0.1) is 19.8 Å². The van der Waals surface area contributed by atoms with Crippen LogP contribution in [0.15, 0.2) is 65.9 Å². The zero-order valence-electron chi connectivity index (χ0n) is 29.9. The zero-order chi connectivity index (χ0) is 37.2. The highest BCUT2D eigenvalue weighted by atomic mass is 16.4. The molecule has 1 saturated heterocycles. The number of amides is 2. The molecule has 274 valence electrons. The fourth-order valence-electron chi connectivity index (χ4n) is 6.94. The number of pyridine rings is 2. The summed E-state index contributed by atoms with van der Waals surface area (Å²) >= 11 is 0. The Labute approximate surface area is 308 Å². The van der Waals surface area contributed by atoms with Crippen LogP contribution in [0.3, 0.4) is 0 Å². The van der Waals surface area contributed by atoms with Crippen molar-refractivity contribution < 1.29 is 29.7 Å². The van der Waals surface area contributed by atoms with E-state index in [4.69, 9.17) is 5.11 Å². The monoisotopic (exact) mass is 716 g/mol. The molecule has 0 radical (unpaired) electrons. The highest BCUT2D eigenvalue weighted by Crippen LogP contribution is 2.43. The van der Waals surface area contributed by atoms with E-state index in [-0.39, 0.29) is 30.2 Å². The average Bonchev–Trinajstić information content (AvgIpc) is 4.06. The van der Waals surface area contributed by atoms with Gasteiger partial charge in [0.2, 0.25) is 0 Å². The summed E-state index contributed by atoms with van der Waals surface area (Å²) in [6.07, 6.45) is 8.59. The third-order valence-corrected chi connectivity index (χ3v) is 10.4. The maximum absolute atomic E-state index is 13.5. The molecule has 1 atom stereocenters. The van der Waals surface area contributed by atoms with Crippen LogP contribution >= 0.6 is 0 Å². The molecule has 1 aliphatic heterocycles. The van der Waals surface area contributed by atoms with Crippen LogP contribution in [0.25, 0.3) is 11.1 Å². The number of carbonyl (C=O) groups is 3. The summed E-state index contributed by atoms with van der Waals surface area (Å²) in [7, 11) is 0. The van der Waals surface area contributed by atoms with Gasteiger partial charge in [-0.3, -0.25) is 34.2 Å². The predicted octanol–water partition coefficient (Wildman–Crippen LogP) is 5.46. The summed E-state index contributed by atoms with van der Waals surface area (Å²) in [5.41, 5.74) is 9.60. The Bertz CT molecular complexity index is 2090. The molecule has 3 fully saturated rings. The van der Waals surface area contributed by atoms with Crippen LogP contribution in [0.1, 0.15) is 91.9 Å². The number of aliphatic hydroxyl groups excluding tert-OH is 2. The van der Waals surface area contributed by atoms with Crippen molar-refractivity contribution in [2.24, 2.45) is 10.9 Å². The van der Waals surface area contributed by atoms with Crippen molar-refractivity contribution in [3.63, 3.8) is 0 Å². The second-order valence-electron chi connectivity index (χ2n) is 14.4. The minimum atomic E-state index is -1.14. The minimum Gasteiger partial charge on any atom is -0.481 e. The molecule has 7 rings (SSSR count). The Morgan fingerprint density at radius 1 is 0.849 bits per heavy atom. The van der Waals surface area contributed by atoms with E-state index in [9.17, 15) is 24.6 Å². The smallest absolute Gasteiger partial charge is 0.314 e. The van der Waals surface area contributed by atoms with Crippen molar-refractivity contribution in [1.29, 1.82) is 0 Å².